The number of benzene rings is 1. The molecule has 0 N–H and O–H groups in total. The van der Waals surface area contributed by atoms with Crippen LogP contribution in [0.2, 0.25) is 0 Å². The van der Waals surface area contributed by atoms with E-state index in [1.807, 2.05) is 0 Å². The van der Waals surface area contributed by atoms with E-state index in [-0.39, 0.29) is 11.3 Å². The topological polar surface area (TPSA) is 23.6 Å². The number of allylic oxidation sites excluding steroid dienone is 1. The van der Waals surface area contributed by atoms with E-state index in [0.29, 0.717) is 6.04 Å². The molecule has 0 spiro atoms. The van der Waals surface area contributed by atoms with Gasteiger partial charge >= 0.3 is 6.18 Å². The minimum Gasteiger partial charge on any atom is -0.373 e. The standard InChI is InChI=1S/C20H25F3N2O/c21-20(22,23)17-7-4-6-16(14-17)19(26)9-13-25-12-5-8-18(25)15-24-10-2-1-3-11-24/h4,6-7,9,13-14,18H,1-3,5,8,10-12,15H2/t18-/m0/s1. The molecule has 3 rings (SSSR count). The van der Waals surface area contributed by atoms with E-state index in [4.69, 9.17) is 0 Å². The molecule has 0 bridgehead atoms. The summed E-state index contributed by atoms with van der Waals surface area (Å²) < 4.78 is 38.4. The fourth-order valence-electron chi connectivity index (χ4n) is 3.80. The average Bonchev–Trinajstić information content (AvgIpc) is 3.07. The van der Waals surface area contributed by atoms with Crippen molar-refractivity contribution in [2.45, 2.75) is 44.3 Å². The van der Waals surface area contributed by atoms with Gasteiger partial charge in [0, 0.05) is 37.0 Å². The lowest BCUT2D eigenvalue weighted by Crippen LogP contribution is -2.40. The highest BCUT2D eigenvalue weighted by atomic mass is 19.4. The van der Waals surface area contributed by atoms with Gasteiger partial charge < -0.3 is 9.80 Å². The fourth-order valence-corrected chi connectivity index (χ4v) is 3.80. The zero-order valence-corrected chi connectivity index (χ0v) is 14.8. The van der Waals surface area contributed by atoms with Crippen molar-refractivity contribution in [2.24, 2.45) is 0 Å². The maximum atomic E-state index is 12.8. The molecule has 0 amide bonds. The number of halogens is 3. The Hall–Kier alpha value is -1.82. The van der Waals surface area contributed by atoms with Crippen molar-refractivity contribution in [3.05, 3.63) is 47.7 Å². The largest absolute Gasteiger partial charge is 0.416 e. The van der Waals surface area contributed by atoms with Crippen molar-refractivity contribution in [2.75, 3.05) is 26.2 Å². The van der Waals surface area contributed by atoms with E-state index in [9.17, 15) is 18.0 Å². The van der Waals surface area contributed by atoms with Crippen LogP contribution in [0.3, 0.4) is 0 Å². The average molecular weight is 366 g/mol. The minimum absolute atomic E-state index is 0.0721. The van der Waals surface area contributed by atoms with Crippen molar-refractivity contribution in [3.8, 4) is 0 Å². The summed E-state index contributed by atoms with van der Waals surface area (Å²) in [6.45, 7) is 4.17. The lowest BCUT2D eigenvalue weighted by molar-refractivity contribution is -0.137. The Labute approximate surface area is 152 Å². The summed E-state index contributed by atoms with van der Waals surface area (Å²) in [5, 5.41) is 0. The summed E-state index contributed by atoms with van der Waals surface area (Å²) in [5.41, 5.74) is -0.719. The maximum Gasteiger partial charge on any atom is 0.416 e. The summed E-state index contributed by atoms with van der Waals surface area (Å²) in [7, 11) is 0. The molecular formula is C20H25F3N2O. The van der Waals surface area contributed by atoms with E-state index < -0.39 is 11.7 Å². The molecular weight excluding hydrogens is 341 g/mol. The van der Waals surface area contributed by atoms with Gasteiger partial charge in [0.1, 0.15) is 0 Å². The molecule has 1 atom stereocenters. The quantitative estimate of drug-likeness (QED) is 0.572. The second-order valence-corrected chi connectivity index (χ2v) is 7.15. The van der Waals surface area contributed by atoms with Gasteiger partial charge in [0.2, 0.25) is 0 Å². The lowest BCUT2D eigenvalue weighted by atomic mass is 10.1. The highest BCUT2D eigenvalue weighted by Gasteiger charge is 2.31. The van der Waals surface area contributed by atoms with Gasteiger partial charge in [-0.25, -0.2) is 0 Å². The molecule has 2 aliphatic heterocycles. The van der Waals surface area contributed by atoms with Crippen LogP contribution in [0.25, 0.3) is 0 Å². The number of ketones is 1. The predicted molar refractivity (Wildman–Crippen MR) is 94.9 cm³/mol. The monoisotopic (exact) mass is 366 g/mol. The first-order chi connectivity index (χ1) is 12.4. The Bertz CT molecular complexity index is 651. The molecule has 26 heavy (non-hydrogen) atoms. The summed E-state index contributed by atoms with van der Waals surface area (Å²) in [4.78, 5) is 16.9. The Kier molecular flexibility index (Phi) is 6.01. The number of carbonyl (C=O) groups excluding carboxylic acids is 1. The third kappa shape index (κ3) is 4.87. The number of carbonyl (C=O) groups is 1. The molecule has 1 aromatic rings. The second kappa shape index (κ2) is 8.25. The van der Waals surface area contributed by atoms with Gasteiger partial charge in [0.15, 0.2) is 5.78 Å². The number of likely N-dealkylation sites (tertiary alicyclic amines) is 2. The molecule has 0 unspecified atom stereocenters. The van der Waals surface area contributed by atoms with Crippen molar-refractivity contribution < 1.29 is 18.0 Å². The van der Waals surface area contributed by atoms with Crippen molar-refractivity contribution in [1.29, 1.82) is 0 Å². The van der Waals surface area contributed by atoms with Crippen LogP contribution in [0.5, 0.6) is 0 Å². The summed E-state index contributed by atoms with van der Waals surface area (Å²) in [6.07, 6.45) is 4.71. The fraction of sp³-hybridized carbons (Fsp3) is 0.550. The van der Waals surface area contributed by atoms with Gasteiger partial charge in [-0.15, -0.1) is 0 Å². The Morgan fingerprint density at radius 2 is 1.88 bits per heavy atom. The maximum absolute atomic E-state index is 12.8. The van der Waals surface area contributed by atoms with E-state index in [1.54, 1.807) is 6.20 Å². The Morgan fingerprint density at radius 3 is 2.62 bits per heavy atom. The summed E-state index contributed by atoms with van der Waals surface area (Å²) in [5.74, 6) is -0.389. The van der Waals surface area contributed by atoms with Crippen molar-refractivity contribution >= 4 is 5.78 Å². The Balaban J connectivity index is 1.62. The zero-order chi connectivity index (χ0) is 18.6. The highest BCUT2D eigenvalue weighted by molar-refractivity contribution is 6.04. The van der Waals surface area contributed by atoms with E-state index in [0.717, 1.165) is 51.2 Å². The molecule has 1 aromatic carbocycles. The third-order valence-electron chi connectivity index (χ3n) is 5.23. The van der Waals surface area contributed by atoms with Crippen LogP contribution >= 0.6 is 0 Å². The van der Waals surface area contributed by atoms with Crippen molar-refractivity contribution in [1.82, 2.24) is 9.80 Å². The molecule has 0 radical (unpaired) electrons. The number of hydrogen-bond acceptors (Lipinski definition) is 3. The van der Waals surface area contributed by atoms with Gasteiger partial charge in [-0.2, -0.15) is 13.2 Å². The predicted octanol–water partition coefficient (Wildman–Crippen LogP) is 4.35. The Morgan fingerprint density at radius 1 is 1.12 bits per heavy atom. The molecule has 2 saturated heterocycles. The summed E-state index contributed by atoms with van der Waals surface area (Å²) in [6, 6.07) is 4.99. The van der Waals surface area contributed by atoms with Crippen LogP contribution in [0, 0.1) is 0 Å². The lowest BCUT2D eigenvalue weighted by Gasteiger charge is -2.32. The van der Waals surface area contributed by atoms with Crippen molar-refractivity contribution in [3.63, 3.8) is 0 Å². The molecule has 0 saturated carbocycles. The number of alkyl halides is 3. The van der Waals surface area contributed by atoms with Crippen LogP contribution in [0.1, 0.15) is 48.0 Å². The number of rotatable bonds is 5. The van der Waals surface area contributed by atoms with E-state index >= 15 is 0 Å². The van der Waals surface area contributed by atoms with Crippen LogP contribution in [-0.4, -0.2) is 47.8 Å². The van der Waals surface area contributed by atoms with E-state index in [1.165, 1.54) is 37.5 Å². The molecule has 3 nitrogen and oxygen atoms in total. The van der Waals surface area contributed by atoms with E-state index in [2.05, 4.69) is 9.80 Å². The van der Waals surface area contributed by atoms with Crippen LogP contribution in [0.15, 0.2) is 36.5 Å². The van der Waals surface area contributed by atoms with Gasteiger partial charge in [-0.1, -0.05) is 18.6 Å². The first-order valence-corrected chi connectivity index (χ1v) is 9.31. The molecule has 0 aromatic heterocycles. The molecule has 6 heteroatoms. The smallest absolute Gasteiger partial charge is 0.373 e. The van der Waals surface area contributed by atoms with Gasteiger partial charge in [0.05, 0.1) is 5.56 Å². The zero-order valence-electron chi connectivity index (χ0n) is 14.8. The first-order valence-electron chi connectivity index (χ1n) is 9.31. The van der Waals surface area contributed by atoms with Crippen LogP contribution in [0.4, 0.5) is 13.2 Å². The normalized spacial score (nSPS) is 22.3. The second-order valence-electron chi connectivity index (χ2n) is 7.15. The van der Waals surface area contributed by atoms with Gasteiger partial charge in [-0.3, -0.25) is 4.79 Å². The number of piperidine rings is 1. The highest BCUT2D eigenvalue weighted by Crippen LogP contribution is 2.29. The SMILES string of the molecule is O=C(C=CN1CCC[C@H]1CN1CCCCC1)c1cccc(C(F)(F)F)c1. The first kappa shape index (κ1) is 19.0. The molecule has 142 valence electrons. The molecule has 2 aliphatic rings. The van der Waals surface area contributed by atoms with Gasteiger partial charge in [0.25, 0.3) is 0 Å². The third-order valence-corrected chi connectivity index (χ3v) is 5.23. The molecule has 2 fully saturated rings. The van der Waals surface area contributed by atoms with Gasteiger partial charge in [-0.05, 0) is 50.9 Å². The van der Waals surface area contributed by atoms with Crippen LogP contribution in [-0.2, 0) is 6.18 Å². The molecule has 0 aliphatic carbocycles. The molecule has 2 heterocycles. The number of hydrogen-bond donors (Lipinski definition) is 0. The van der Waals surface area contributed by atoms with Crippen LogP contribution < -0.4 is 0 Å². The number of nitrogens with zero attached hydrogens (tertiary/aromatic N) is 2. The summed E-state index contributed by atoms with van der Waals surface area (Å²) >= 11 is 0. The minimum atomic E-state index is -4.44.